The van der Waals surface area contributed by atoms with E-state index in [-0.39, 0.29) is 0 Å². The van der Waals surface area contributed by atoms with Gasteiger partial charge in [0.05, 0.1) is 13.1 Å². The van der Waals surface area contributed by atoms with Crippen LogP contribution in [-0.4, -0.2) is 14.0 Å². The zero-order chi connectivity index (χ0) is 11.2. The molecule has 0 aliphatic heterocycles. The van der Waals surface area contributed by atoms with Gasteiger partial charge in [0.2, 0.25) is 6.33 Å². The molecule has 0 spiro atoms. The number of rotatable bonds is 2. The largest absolute Gasteiger partial charge is 0.564 e. The third kappa shape index (κ3) is 9.46. The van der Waals surface area contributed by atoms with Crippen LogP contribution in [0.5, 0.6) is 0 Å². The SMILES string of the molecule is CCn1cc[n+](CC)c1.[Cl][Al-]([Cl])([Cl])[Cl]. The molecule has 0 saturated carbocycles. The van der Waals surface area contributed by atoms with Crippen molar-refractivity contribution in [3.05, 3.63) is 18.7 Å². The number of halogens is 4. The minimum absolute atomic E-state index is 1.06. The van der Waals surface area contributed by atoms with Crippen LogP contribution in [-0.2, 0) is 13.1 Å². The molecule has 0 saturated heterocycles. The summed E-state index contributed by atoms with van der Waals surface area (Å²) in [6, 6.07) is 0. The molecule has 0 aliphatic carbocycles. The summed E-state index contributed by atoms with van der Waals surface area (Å²) in [5, 5.41) is 0. The molecule has 0 bridgehead atoms. The number of hydrogen-bond acceptors (Lipinski definition) is 0. The monoisotopic (exact) mass is 292 g/mol. The quantitative estimate of drug-likeness (QED) is 0.585. The highest BCUT2D eigenvalue weighted by atomic mass is 35.9. The Hall–Kier alpha value is 0.902. The maximum absolute atomic E-state index is 4.99. The van der Waals surface area contributed by atoms with Gasteiger partial charge >= 0.3 is 9.39 Å². The second kappa shape index (κ2) is 7.22. The number of aromatic nitrogens is 2. The van der Waals surface area contributed by atoms with Crippen molar-refractivity contribution >= 4 is 49.6 Å². The van der Waals surface area contributed by atoms with Crippen molar-refractivity contribution < 1.29 is 4.57 Å². The lowest BCUT2D eigenvalue weighted by Gasteiger charge is -1.97. The van der Waals surface area contributed by atoms with E-state index in [4.69, 9.17) is 40.2 Å². The average molecular weight is 294 g/mol. The second-order valence-electron chi connectivity index (χ2n) is 2.57. The second-order valence-corrected chi connectivity index (χ2v) is 15.4. The van der Waals surface area contributed by atoms with E-state index in [0.717, 1.165) is 13.1 Å². The number of nitrogens with zero attached hydrogens (tertiary/aromatic N) is 2. The summed E-state index contributed by atoms with van der Waals surface area (Å²) in [6.45, 7) is 6.40. The summed E-state index contributed by atoms with van der Waals surface area (Å²) < 4.78 is 4.31. The van der Waals surface area contributed by atoms with Crippen LogP contribution in [0.15, 0.2) is 18.7 Å². The molecule has 0 unspecified atom stereocenters. The van der Waals surface area contributed by atoms with Gasteiger partial charge in [-0.2, -0.15) is 0 Å². The molecule has 14 heavy (non-hydrogen) atoms. The molecule has 1 heterocycles. The number of hydrogen-bond donors (Lipinski definition) is 0. The standard InChI is InChI=1S/C7H13N2.Al.4ClH/c1-3-8-5-6-9(4-2)7-8;;;;;/h5-7H,3-4H2,1-2H3;;4*1H/q+1;+3;;;;/p-4. The van der Waals surface area contributed by atoms with Crippen molar-refractivity contribution in [1.82, 2.24) is 4.57 Å². The van der Waals surface area contributed by atoms with Crippen LogP contribution in [0.4, 0.5) is 0 Å². The molecule has 0 amide bonds. The van der Waals surface area contributed by atoms with Gasteiger partial charge in [-0.05, 0) is 13.8 Å². The lowest BCUT2D eigenvalue weighted by atomic mass is 10.7. The van der Waals surface area contributed by atoms with Crippen LogP contribution in [0, 0.1) is 0 Å². The minimum Gasteiger partial charge on any atom is -0.391 e. The van der Waals surface area contributed by atoms with Crippen LogP contribution in [0.1, 0.15) is 13.8 Å². The molecule has 0 fully saturated rings. The van der Waals surface area contributed by atoms with Crippen LogP contribution in [0.2, 0.25) is 0 Å². The lowest BCUT2D eigenvalue weighted by Crippen LogP contribution is -2.28. The van der Waals surface area contributed by atoms with Crippen molar-refractivity contribution in [1.29, 1.82) is 0 Å². The van der Waals surface area contributed by atoms with Gasteiger partial charge in [0.15, 0.2) is 0 Å². The molecule has 1 rings (SSSR count). The normalized spacial score (nSPS) is 10.7. The summed E-state index contributed by atoms with van der Waals surface area (Å²) in [7, 11) is 17.0. The Balaban J connectivity index is 0.000000292. The summed E-state index contributed by atoms with van der Waals surface area (Å²) in [5.74, 6) is 0. The van der Waals surface area contributed by atoms with Crippen LogP contribution in [0.3, 0.4) is 0 Å². The molecule has 1 aromatic heterocycles. The summed E-state index contributed by atoms with van der Waals surface area (Å²) in [5.41, 5.74) is 0. The summed E-state index contributed by atoms with van der Waals surface area (Å²) in [6.07, 6.45) is 6.28. The first-order chi connectivity index (χ1) is 6.36. The van der Waals surface area contributed by atoms with Gasteiger partial charge in [-0.15, -0.1) is 0 Å². The topological polar surface area (TPSA) is 8.81 Å². The smallest absolute Gasteiger partial charge is 0.391 e. The first kappa shape index (κ1) is 14.9. The van der Waals surface area contributed by atoms with E-state index in [2.05, 4.69) is 41.7 Å². The van der Waals surface area contributed by atoms with E-state index in [9.17, 15) is 0 Å². The van der Waals surface area contributed by atoms with Gasteiger partial charge in [-0.1, -0.05) is 0 Å². The highest BCUT2D eigenvalue weighted by Crippen LogP contribution is 2.23. The fourth-order valence-electron chi connectivity index (χ4n) is 0.813. The van der Waals surface area contributed by atoms with Crippen LogP contribution in [0.25, 0.3) is 0 Å². The Kier molecular flexibility index (Phi) is 7.69. The zero-order valence-electron chi connectivity index (χ0n) is 8.13. The van der Waals surface area contributed by atoms with Gasteiger partial charge in [0, 0.05) is 0 Å². The fourth-order valence-corrected chi connectivity index (χ4v) is 0.813. The van der Waals surface area contributed by atoms with E-state index in [1.54, 1.807) is 0 Å². The number of aryl methyl sites for hydroxylation is 2. The molecular formula is C7H13AlCl4N2. The first-order valence-electron chi connectivity index (χ1n) is 4.29. The lowest BCUT2D eigenvalue weighted by molar-refractivity contribution is -0.693. The average Bonchev–Trinajstić information content (AvgIpc) is 2.48. The Morgan fingerprint density at radius 2 is 1.71 bits per heavy atom. The zero-order valence-corrected chi connectivity index (χ0v) is 12.3. The molecule has 2 nitrogen and oxygen atoms in total. The molecular weight excluding hydrogens is 281 g/mol. The Bertz CT molecular complexity index is 234. The molecule has 82 valence electrons. The number of imidazole rings is 1. The van der Waals surface area contributed by atoms with Gasteiger partial charge in [-0.3, -0.25) is 0 Å². The predicted octanol–water partition coefficient (Wildman–Crippen LogP) is 3.19. The third-order valence-corrected chi connectivity index (χ3v) is 1.48. The maximum atomic E-state index is 4.99. The third-order valence-electron chi connectivity index (χ3n) is 1.48. The van der Waals surface area contributed by atoms with E-state index >= 15 is 0 Å². The van der Waals surface area contributed by atoms with Gasteiger partial charge in [0.25, 0.3) is 0 Å². The summed E-state index contributed by atoms with van der Waals surface area (Å²) >= 11 is 0. The fraction of sp³-hybridized carbons (Fsp3) is 0.571. The molecule has 1 aromatic rings. The van der Waals surface area contributed by atoms with E-state index in [1.165, 1.54) is 0 Å². The first-order valence-corrected chi connectivity index (χ1v) is 11.3. The Labute approximate surface area is 104 Å². The van der Waals surface area contributed by atoms with Crippen molar-refractivity contribution in [2.75, 3.05) is 0 Å². The van der Waals surface area contributed by atoms with E-state index in [0.29, 0.717) is 0 Å². The minimum atomic E-state index is -2.94. The van der Waals surface area contributed by atoms with Crippen molar-refractivity contribution in [2.24, 2.45) is 0 Å². The van der Waals surface area contributed by atoms with Crippen molar-refractivity contribution in [3.63, 3.8) is 0 Å². The predicted molar refractivity (Wildman–Crippen MR) is 65.1 cm³/mol. The van der Waals surface area contributed by atoms with Gasteiger partial charge < -0.3 is 40.2 Å². The highest BCUT2D eigenvalue weighted by Gasteiger charge is 2.14. The Morgan fingerprint density at radius 1 is 1.21 bits per heavy atom. The van der Waals surface area contributed by atoms with Crippen molar-refractivity contribution in [2.45, 2.75) is 26.9 Å². The van der Waals surface area contributed by atoms with E-state index in [1.807, 2.05) is 0 Å². The highest BCUT2D eigenvalue weighted by molar-refractivity contribution is 7.81. The van der Waals surface area contributed by atoms with E-state index < -0.39 is 9.39 Å². The van der Waals surface area contributed by atoms with Crippen molar-refractivity contribution in [3.8, 4) is 0 Å². The van der Waals surface area contributed by atoms with Gasteiger partial charge in [0.1, 0.15) is 12.4 Å². The summed E-state index contributed by atoms with van der Waals surface area (Å²) in [4.78, 5) is 0. The van der Waals surface area contributed by atoms with Gasteiger partial charge in [-0.25, -0.2) is 9.13 Å². The molecule has 0 aromatic carbocycles. The maximum Gasteiger partial charge on any atom is 0.564 e. The molecule has 0 aliphatic rings. The molecule has 0 atom stereocenters. The van der Waals surface area contributed by atoms with Crippen LogP contribution >= 0.6 is 40.2 Å². The molecule has 7 heteroatoms. The molecule has 0 radical (unpaired) electrons. The Morgan fingerprint density at radius 3 is 1.93 bits per heavy atom. The van der Waals surface area contributed by atoms with Crippen LogP contribution < -0.4 is 4.57 Å². The molecule has 0 N–H and O–H groups in total.